The van der Waals surface area contributed by atoms with Crippen molar-refractivity contribution >= 4 is 11.8 Å². The molecule has 0 unspecified atom stereocenters. The highest BCUT2D eigenvalue weighted by Gasteiger charge is 2.34. The van der Waals surface area contributed by atoms with Crippen LogP contribution in [0, 0.1) is 11.3 Å². The Hall–Kier alpha value is -3.41. The van der Waals surface area contributed by atoms with Crippen molar-refractivity contribution in [2.75, 3.05) is 40.9 Å². The summed E-state index contributed by atoms with van der Waals surface area (Å²) in [6.07, 6.45) is 2.21. The normalized spacial score (nSPS) is 25.7. The summed E-state index contributed by atoms with van der Waals surface area (Å²) >= 11 is 0. The number of nitriles is 1. The molecule has 0 aliphatic carbocycles. The molecule has 4 atom stereocenters. The number of carbonyl (C=O) groups excluding carboxylic acids is 2. The van der Waals surface area contributed by atoms with Crippen LogP contribution >= 0.6 is 0 Å². The van der Waals surface area contributed by atoms with Crippen LogP contribution in [0.15, 0.2) is 48.5 Å². The minimum Gasteiger partial charge on any atom is -0.493 e. The Balaban J connectivity index is 1.68. The summed E-state index contributed by atoms with van der Waals surface area (Å²) in [5, 5.41) is 9.43. The molecule has 8 heteroatoms. The highest BCUT2D eigenvalue weighted by Crippen LogP contribution is 2.29. The molecule has 0 aromatic heterocycles. The Morgan fingerprint density at radius 1 is 1.00 bits per heavy atom. The Morgan fingerprint density at radius 3 is 2.51 bits per heavy atom. The molecule has 2 aliphatic heterocycles. The minimum absolute atomic E-state index is 0.0159. The lowest BCUT2D eigenvalue weighted by Crippen LogP contribution is -2.48. The molecule has 2 bridgehead atoms. The Kier molecular flexibility index (Phi) is 8.80. The van der Waals surface area contributed by atoms with Gasteiger partial charge in [-0.3, -0.25) is 9.59 Å². The molecule has 8 nitrogen and oxygen atoms in total. The number of benzene rings is 2. The number of amides is 2. The molecule has 2 aromatic carbocycles. The van der Waals surface area contributed by atoms with Gasteiger partial charge in [-0.1, -0.05) is 30.3 Å². The molecule has 4 rings (SSSR count). The zero-order valence-corrected chi connectivity index (χ0v) is 21.8. The fourth-order valence-corrected chi connectivity index (χ4v) is 5.14. The van der Waals surface area contributed by atoms with Gasteiger partial charge in [-0.15, -0.1) is 0 Å². The van der Waals surface area contributed by atoms with Crippen LogP contribution in [0.2, 0.25) is 0 Å². The smallest absolute Gasteiger partial charge is 0.257 e. The first kappa shape index (κ1) is 26.6. The summed E-state index contributed by atoms with van der Waals surface area (Å²) in [5.74, 6) is -0.0346. The molecule has 2 aromatic rings. The maximum Gasteiger partial charge on any atom is 0.257 e. The second-order valence-corrected chi connectivity index (χ2v) is 9.88. The van der Waals surface area contributed by atoms with Gasteiger partial charge in [-0.05, 0) is 36.6 Å². The van der Waals surface area contributed by atoms with Crippen LogP contribution in [0.1, 0.15) is 53.1 Å². The third kappa shape index (κ3) is 6.48. The predicted molar refractivity (Wildman–Crippen MR) is 138 cm³/mol. The summed E-state index contributed by atoms with van der Waals surface area (Å²) in [5.41, 5.74) is 1.71. The lowest BCUT2D eigenvalue weighted by Gasteiger charge is -2.38. The van der Waals surface area contributed by atoms with Crippen molar-refractivity contribution in [3.05, 3.63) is 65.2 Å². The summed E-state index contributed by atoms with van der Waals surface area (Å²) < 4.78 is 18.1. The van der Waals surface area contributed by atoms with Crippen LogP contribution in [0.5, 0.6) is 5.75 Å². The van der Waals surface area contributed by atoms with Crippen molar-refractivity contribution in [3.8, 4) is 11.8 Å². The molecule has 0 saturated carbocycles. The number of hydrogen-bond donors (Lipinski definition) is 0. The van der Waals surface area contributed by atoms with Gasteiger partial charge >= 0.3 is 0 Å². The molecular weight excluding hydrogens is 470 g/mol. The average Bonchev–Trinajstić information content (AvgIpc) is 2.92. The Bertz CT molecular complexity index is 1130. The first-order chi connectivity index (χ1) is 17.9. The van der Waals surface area contributed by atoms with E-state index in [2.05, 4.69) is 6.07 Å². The van der Waals surface area contributed by atoms with E-state index in [4.69, 9.17) is 14.2 Å². The van der Waals surface area contributed by atoms with Gasteiger partial charge < -0.3 is 24.0 Å². The van der Waals surface area contributed by atoms with Crippen molar-refractivity contribution in [1.82, 2.24) is 9.80 Å². The monoisotopic (exact) mass is 505 g/mol. The minimum atomic E-state index is -0.252. The van der Waals surface area contributed by atoms with E-state index in [0.717, 1.165) is 18.4 Å². The quantitative estimate of drug-likeness (QED) is 0.619. The summed E-state index contributed by atoms with van der Waals surface area (Å²) in [6.45, 7) is 1.14. The highest BCUT2D eigenvalue weighted by atomic mass is 16.5. The summed E-state index contributed by atoms with van der Waals surface area (Å²) in [6, 6.07) is 16.8. The number of fused-ring (bicyclic) bond motifs is 3. The SMILES string of the molecule is CO[C@@H]1CC[C@H]2CCOc3ccc(C#N)cc3C(=O)N(C)C[C@@H](c3ccccc3)CC(=O)N(C)C[C@H]1O2. The van der Waals surface area contributed by atoms with Crippen molar-refractivity contribution in [3.63, 3.8) is 0 Å². The number of nitrogens with zero attached hydrogens (tertiary/aromatic N) is 3. The lowest BCUT2D eigenvalue weighted by atomic mass is 9.93. The number of methoxy groups -OCH3 is 1. The van der Waals surface area contributed by atoms with E-state index in [1.165, 1.54) is 0 Å². The van der Waals surface area contributed by atoms with Crippen LogP contribution in [-0.2, 0) is 14.3 Å². The van der Waals surface area contributed by atoms with Crippen LogP contribution in [0.25, 0.3) is 0 Å². The lowest BCUT2D eigenvalue weighted by molar-refractivity contribution is -0.150. The molecule has 37 heavy (non-hydrogen) atoms. The first-order valence-corrected chi connectivity index (χ1v) is 12.8. The fourth-order valence-electron chi connectivity index (χ4n) is 5.14. The standard InChI is InChI=1S/C29H35N3O5/c1-31-19-27-26(35-3)12-10-23(37-27)13-14-36-25-11-9-20(17-30)15-24(25)29(34)32(2)18-22(16-28(31)33)21-7-5-4-6-8-21/h4-9,11,15,22-23,26-27H,10,12-14,16,18-19H2,1-3H3/t22-,23-,26+,27+/m0/s1. The van der Waals surface area contributed by atoms with E-state index < -0.39 is 0 Å². The van der Waals surface area contributed by atoms with Gasteiger partial charge in [-0.25, -0.2) is 0 Å². The number of likely N-dealkylation sites (N-methyl/N-ethyl adjacent to an activating group) is 2. The van der Waals surface area contributed by atoms with E-state index in [9.17, 15) is 14.9 Å². The molecule has 1 saturated heterocycles. The van der Waals surface area contributed by atoms with E-state index in [-0.39, 0.29) is 42.5 Å². The van der Waals surface area contributed by atoms with E-state index in [0.29, 0.717) is 43.0 Å². The molecular formula is C29H35N3O5. The summed E-state index contributed by atoms with van der Waals surface area (Å²) in [7, 11) is 5.20. The van der Waals surface area contributed by atoms with E-state index in [1.54, 1.807) is 49.2 Å². The first-order valence-electron chi connectivity index (χ1n) is 12.8. The Labute approximate surface area is 218 Å². The zero-order valence-electron chi connectivity index (χ0n) is 21.8. The second-order valence-electron chi connectivity index (χ2n) is 9.88. The van der Waals surface area contributed by atoms with Crippen molar-refractivity contribution in [2.45, 2.75) is 49.9 Å². The van der Waals surface area contributed by atoms with Gasteiger partial charge in [0.15, 0.2) is 0 Å². The average molecular weight is 506 g/mol. The zero-order chi connectivity index (χ0) is 26.4. The molecule has 1 fully saturated rings. The van der Waals surface area contributed by atoms with Gasteiger partial charge in [0, 0.05) is 53.1 Å². The third-order valence-corrected chi connectivity index (χ3v) is 7.31. The Morgan fingerprint density at radius 2 is 1.78 bits per heavy atom. The van der Waals surface area contributed by atoms with Gasteiger partial charge in [0.1, 0.15) is 11.9 Å². The fraction of sp³-hybridized carbons (Fsp3) is 0.483. The van der Waals surface area contributed by atoms with Gasteiger partial charge in [0.25, 0.3) is 5.91 Å². The molecule has 196 valence electrons. The third-order valence-electron chi connectivity index (χ3n) is 7.31. The van der Waals surface area contributed by atoms with Crippen LogP contribution < -0.4 is 4.74 Å². The van der Waals surface area contributed by atoms with Gasteiger partial charge in [0.2, 0.25) is 5.91 Å². The van der Waals surface area contributed by atoms with Crippen LogP contribution in [0.3, 0.4) is 0 Å². The maximum atomic E-state index is 13.6. The number of carbonyl (C=O) groups is 2. The van der Waals surface area contributed by atoms with E-state index in [1.807, 2.05) is 30.3 Å². The van der Waals surface area contributed by atoms with Gasteiger partial charge in [-0.2, -0.15) is 5.26 Å². The van der Waals surface area contributed by atoms with Crippen molar-refractivity contribution in [1.29, 1.82) is 5.26 Å². The molecule has 0 spiro atoms. The van der Waals surface area contributed by atoms with E-state index >= 15 is 0 Å². The molecule has 2 amide bonds. The number of ether oxygens (including phenoxy) is 3. The topological polar surface area (TPSA) is 92.1 Å². The molecule has 0 N–H and O–H groups in total. The van der Waals surface area contributed by atoms with Gasteiger partial charge in [0.05, 0.1) is 36.0 Å². The second kappa shape index (κ2) is 12.2. The molecule has 2 heterocycles. The maximum absolute atomic E-state index is 13.6. The molecule has 2 aliphatic rings. The van der Waals surface area contributed by atoms with Crippen molar-refractivity contribution in [2.24, 2.45) is 0 Å². The highest BCUT2D eigenvalue weighted by molar-refractivity contribution is 5.97. The molecule has 0 radical (unpaired) electrons. The predicted octanol–water partition coefficient (Wildman–Crippen LogP) is 3.61. The largest absolute Gasteiger partial charge is 0.493 e. The number of hydrogen-bond acceptors (Lipinski definition) is 6. The van der Waals surface area contributed by atoms with Crippen molar-refractivity contribution < 1.29 is 23.8 Å². The van der Waals surface area contributed by atoms with Crippen LogP contribution in [-0.4, -0.2) is 80.8 Å². The van der Waals surface area contributed by atoms with Crippen LogP contribution in [0.4, 0.5) is 0 Å². The summed E-state index contributed by atoms with van der Waals surface area (Å²) in [4.78, 5) is 30.3. The number of rotatable bonds is 2.